The maximum atomic E-state index is 11.5. The molecule has 3 nitrogen and oxygen atoms in total. The molecule has 0 aromatic carbocycles. The molecular weight excluding hydrogens is 152 g/mol. The molecule has 0 aromatic rings. The van der Waals surface area contributed by atoms with E-state index >= 15 is 0 Å². The molecule has 0 bridgehead atoms. The summed E-state index contributed by atoms with van der Waals surface area (Å²) in [7, 11) is 0. The van der Waals surface area contributed by atoms with Gasteiger partial charge in [0.05, 0.1) is 0 Å². The second kappa shape index (κ2) is 2.88. The molecule has 66 valence electrons. The van der Waals surface area contributed by atoms with Gasteiger partial charge in [0.25, 0.3) is 0 Å². The van der Waals surface area contributed by atoms with Gasteiger partial charge in [-0.25, -0.2) is 0 Å². The molecule has 1 unspecified atom stereocenters. The Morgan fingerprint density at radius 3 is 3.08 bits per heavy atom. The largest absolute Gasteiger partial charge is 0.298 e. The minimum atomic E-state index is 0.271. The average molecular weight is 166 g/mol. The first-order chi connectivity index (χ1) is 5.79. The third-order valence-corrected chi connectivity index (χ3v) is 2.63. The molecule has 0 saturated carbocycles. The molecule has 0 spiro atoms. The summed E-state index contributed by atoms with van der Waals surface area (Å²) in [5.74, 6) is 1.30. The molecule has 1 saturated heterocycles. The van der Waals surface area contributed by atoms with Crippen molar-refractivity contribution in [2.24, 2.45) is 4.99 Å². The predicted molar refractivity (Wildman–Crippen MR) is 47.1 cm³/mol. The Hall–Kier alpha value is -0.860. The highest BCUT2D eigenvalue weighted by atomic mass is 16.2. The molecule has 2 aliphatic rings. The van der Waals surface area contributed by atoms with Crippen LogP contribution in [0.2, 0.25) is 0 Å². The summed E-state index contributed by atoms with van der Waals surface area (Å²) in [6, 6.07) is 0.380. The highest BCUT2D eigenvalue weighted by Gasteiger charge is 2.30. The lowest BCUT2D eigenvalue weighted by Gasteiger charge is -2.36. The Balaban J connectivity index is 2.25. The second-order valence-electron chi connectivity index (χ2n) is 3.55. The van der Waals surface area contributed by atoms with E-state index < -0.39 is 0 Å². The van der Waals surface area contributed by atoms with E-state index in [1.807, 2.05) is 4.90 Å². The highest BCUT2D eigenvalue weighted by molar-refractivity contribution is 6.00. The van der Waals surface area contributed by atoms with Gasteiger partial charge in [0.15, 0.2) is 0 Å². The average Bonchev–Trinajstić information content (AvgIpc) is 2.04. The van der Waals surface area contributed by atoms with Gasteiger partial charge < -0.3 is 0 Å². The Morgan fingerprint density at radius 1 is 1.50 bits per heavy atom. The lowest BCUT2D eigenvalue weighted by atomic mass is 10.0. The van der Waals surface area contributed by atoms with Gasteiger partial charge in [0.2, 0.25) is 5.91 Å². The van der Waals surface area contributed by atoms with Crippen LogP contribution in [-0.4, -0.2) is 29.2 Å². The molecule has 3 heteroatoms. The van der Waals surface area contributed by atoms with Gasteiger partial charge in [-0.3, -0.25) is 14.7 Å². The predicted octanol–water partition coefficient (Wildman–Crippen LogP) is 1.19. The summed E-state index contributed by atoms with van der Waals surface area (Å²) in [6.07, 6.45) is 3.92. The molecule has 2 heterocycles. The number of hydrogen-bond donors (Lipinski definition) is 0. The van der Waals surface area contributed by atoms with Crippen LogP contribution in [0.25, 0.3) is 0 Å². The molecule has 0 radical (unpaired) electrons. The number of fused-ring (bicyclic) bond motifs is 1. The topological polar surface area (TPSA) is 32.7 Å². The van der Waals surface area contributed by atoms with Crippen molar-refractivity contribution in [3.63, 3.8) is 0 Å². The highest BCUT2D eigenvalue weighted by Crippen LogP contribution is 2.22. The zero-order valence-corrected chi connectivity index (χ0v) is 7.42. The van der Waals surface area contributed by atoms with Crippen LogP contribution in [0.3, 0.4) is 0 Å². The SMILES string of the molecule is CC1CCCC2=NCCC(=O)N21. The summed E-state index contributed by atoms with van der Waals surface area (Å²) < 4.78 is 0. The Labute approximate surface area is 72.5 Å². The van der Waals surface area contributed by atoms with Crippen molar-refractivity contribution in [2.75, 3.05) is 6.54 Å². The van der Waals surface area contributed by atoms with Crippen LogP contribution in [0.4, 0.5) is 0 Å². The number of carbonyl (C=O) groups is 1. The fourth-order valence-electron chi connectivity index (χ4n) is 2.01. The summed E-state index contributed by atoms with van der Waals surface area (Å²) in [6.45, 7) is 2.81. The van der Waals surface area contributed by atoms with Crippen LogP contribution < -0.4 is 0 Å². The summed E-state index contributed by atoms with van der Waals surface area (Å²) in [5.41, 5.74) is 0. The van der Waals surface area contributed by atoms with Crippen LogP contribution in [0.5, 0.6) is 0 Å². The van der Waals surface area contributed by atoms with Crippen molar-refractivity contribution in [3.8, 4) is 0 Å². The van der Waals surface area contributed by atoms with E-state index in [2.05, 4.69) is 11.9 Å². The molecule has 1 atom stereocenters. The molecule has 2 rings (SSSR count). The van der Waals surface area contributed by atoms with Crippen LogP contribution in [0.1, 0.15) is 32.6 Å². The van der Waals surface area contributed by atoms with Gasteiger partial charge in [-0.05, 0) is 19.8 Å². The van der Waals surface area contributed by atoms with E-state index in [-0.39, 0.29) is 5.91 Å². The first-order valence-electron chi connectivity index (χ1n) is 4.64. The van der Waals surface area contributed by atoms with Crippen molar-refractivity contribution in [2.45, 2.75) is 38.6 Å². The number of amidine groups is 1. The zero-order valence-electron chi connectivity index (χ0n) is 7.42. The van der Waals surface area contributed by atoms with E-state index in [1.165, 1.54) is 6.42 Å². The van der Waals surface area contributed by atoms with Gasteiger partial charge in [-0.1, -0.05) is 0 Å². The zero-order chi connectivity index (χ0) is 8.55. The minimum Gasteiger partial charge on any atom is -0.298 e. The Bertz CT molecular complexity index is 235. The number of nitrogens with zero attached hydrogens (tertiary/aromatic N) is 2. The summed E-state index contributed by atoms with van der Waals surface area (Å²) in [4.78, 5) is 17.8. The lowest BCUT2D eigenvalue weighted by molar-refractivity contribution is -0.129. The van der Waals surface area contributed by atoms with Crippen LogP contribution in [0.15, 0.2) is 4.99 Å². The summed E-state index contributed by atoms with van der Waals surface area (Å²) in [5, 5.41) is 0. The molecule has 0 N–H and O–H groups in total. The van der Waals surface area contributed by atoms with Crippen molar-refractivity contribution in [1.82, 2.24) is 4.90 Å². The van der Waals surface area contributed by atoms with Crippen LogP contribution >= 0.6 is 0 Å². The van der Waals surface area contributed by atoms with Crippen LogP contribution in [-0.2, 0) is 4.79 Å². The second-order valence-corrected chi connectivity index (χ2v) is 3.55. The van der Waals surface area contributed by atoms with E-state index in [1.54, 1.807) is 0 Å². The van der Waals surface area contributed by atoms with Gasteiger partial charge in [-0.2, -0.15) is 0 Å². The molecular formula is C9H14N2O. The number of piperidine rings is 1. The Morgan fingerprint density at radius 2 is 2.33 bits per heavy atom. The van der Waals surface area contributed by atoms with Crippen molar-refractivity contribution in [3.05, 3.63) is 0 Å². The molecule has 0 aromatic heterocycles. The van der Waals surface area contributed by atoms with E-state index in [4.69, 9.17) is 0 Å². The van der Waals surface area contributed by atoms with Gasteiger partial charge in [-0.15, -0.1) is 0 Å². The third kappa shape index (κ3) is 1.13. The smallest absolute Gasteiger partial charge is 0.229 e. The fraction of sp³-hybridized carbons (Fsp3) is 0.778. The number of hydrogen-bond acceptors (Lipinski definition) is 2. The van der Waals surface area contributed by atoms with Gasteiger partial charge in [0.1, 0.15) is 5.84 Å². The maximum Gasteiger partial charge on any atom is 0.229 e. The monoisotopic (exact) mass is 166 g/mol. The Kier molecular flexibility index (Phi) is 1.87. The van der Waals surface area contributed by atoms with Crippen molar-refractivity contribution >= 4 is 11.7 Å². The number of amides is 1. The first-order valence-corrected chi connectivity index (χ1v) is 4.64. The normalized spacial score (nSPS) is 29.8. The maximum absolute atomic E-state index is 11.5. The van der Waals surface area contributed by atoms with E-state index in [0.717, 1.165) is 18.7 Å². The van der Waals surface area contributed by atoms with Gasteiger partial charge in [0, 0.05) is 25.4 Å². The van der Waals surface area contributed by atoms with E-state index in [0.29, 0.717) is 19.0 Å². The molecule has 0 aliphatic carbocycles. The molecule has 2 aliphatic heterocycles. The summed E-state index contributed by atoms with van der Waals surface area (Å²) >= 11 is 0. The lowest BCUT2D eigenvalue weighted by Crippen LogP contribution is -2.48. The number of rotatable bonds is 0. The minimum absolute atomic E-state index is 0.271. The van der Waals surface area contributed by atoms with Crippen molar-refractivity contribution < 1.29 is 4.79 Å². The van der Waals surface area contributed by atoms with Crippen molar-refractivity contribution in [1.29, 1.82) is 0 Å². The molecule has 12 heavy (non-hydrogen) atoms. The van der Waals surface area contributed by atoms with Crippen LogP contribution in [0, 0.1) is 0 Å². The fourth-order valence-corrected chi connectivity index (χ4v) is 2.01. The quantitative estimate of drug-likeness (QED) is 0.532. The van der Waals surface area contributed by atoms with Gasteiger partial charge >= 0.3 is 0 Å². The standard InChI is InChI=1S/C9H14N2O/c1-7-3-2-4-8-10-6-5-9(12)11(7)8/h7H,2-6H2,1H3. The van der Waals surface area contributed by atoms with E-state index in [9.17, 15) is 4.79 Å². The molecule has 1 amide bonds. The first kappa shape index (κ1) is 7.77. The number of aliphatic imine (C=N–C) groups is 1. The molecule has 1 fully saturated rings. The number of carbonyl (C=O) groups excluding carboxylic acids is 1. The third-order valence-electron chi connectivity index (χ3n) is 2.63.